The van der Waals surface area contributed by atoms with Gasteiger partial charge in [0.1, 0.15) is 5.75 Å². The van der Waals surface area contributed by atoms with Gasteiger partial charge in [0.25, 0.3) is 5.91 Å². The standard InChI is InChI=1S/C33H51NO4/c1-3-5-7-9-11-13-15-17-25-37-31-24-21-29(34-33(36)28-19-22-30(35)23-20-28)27-32(31)38-26-18-16-14-12-10-8-6-4-2/h19-24,27,35H,3-18,25-26H2,1-2H3,(H,34,36). The highest BCUT2D eigenvalue weighted by Crippen LogP contribution is 2.31. The molecular formula is C33H51NO4. The molecule has 0 aliphatic carbocycles. The number of amides is 1. The van der Waals surface area contributed by atoms with Crippen LogP contribution in [0.2, 0.25) is 0 Å². The molecule has 2 aromatic rings. The van der Waals surface area contributed by atoms with E-state index in [1.165, 1.54) is 95.6 Å². The zero-order valence-electron chi connectivity index (χ0n) is 23.9. The van der Waals surface area contributed by atoms with Gasteiger partial charge in [-0.05, 0) is 49.2 Å². The van der Waals surface area contributed by atoms with Gasteiger partial charge >= 0.3 is 0 Å². The van der Waals surface area contributed by atoms with E-state index < -0.39 is 0 Å². The van der Waals surface area contributed by atoms with Gasteiger partial charge in [-0.25, -0.2) is 0 Å². The van der Waals surface area contributed by atoms with Crippen molar-refractivity contribution in [3.63, 3.8) is 0 Å². The van der Waals surface area contributed by atoms with Crippen LogP contribution in [-0.2, 0) is 0 Å². The number of anilines is 1. The summed E-state index contributed by atoms with van der Waals surface area (Å²) in [6, 6.07) is 11.8. The van der Waals surface area contributed by atoms with Crippen molar-refractivity contribution in [3.05, 3.63) is 48.0 Å². The summed E-state index contributed by atoms with van der Waals surface area (Å²) in [7, 11) is 0. The summed E-state index contributed by atoms with van der Waals surface area (Å²) in [6.45, 7) is 5.81. The fourth-order valence-electron chi connectivity index (χ4n) is 4.47. The summed E-state index contributed by atoms with van der Waals surface area (Å²) >= 11 is 0. The van der Waals surface area contributed by atoms with Gasteiger partial charge < -0.3 is 19.9 Å². The fraction of sp³-hybridized carbons (Fsp3) is 0.606. The molecule has 0 aromatic heterocycles. The van der Waals surface area contributed by atoms with Crippen molar-refractivity contribution in [2.75, 3.05) is 18.5 Å². The number of benzene rings is 2. The van der Waals surface area contributed by atoms with Crippen molar-refractivity contribution < 1.29 is 19.4 Å². The normalized spacial score (nSPS) is 10.9. The Morgan fingerprint density at radius 3 is 1.63 bits per heavy atom. The SMILES string of the molecule is CCCCCCCCCCOc1ccc(NC(=O)c2ccc(O)cc2)cc1OCCCCCCCCCC. The Morgan fingerprint density at radius 1 is 0.632 bits per heavy atom. The highest BCUT2D eigenvalue weighted by Gasteiger charge is 2.11. The summed E-state index contributed by atoms with van der Waals surface area (Å²) in [5, 5.41) is 12.4. The molecule has 0 saturated heterocycles. The van der Waals surface area contributed by atoms with E-state index in [1.54, 1.807) is 12.1 Å². The van der Waals surface area contributed by atoms with E-state index in [9.17, 15) is 9.90 Å². The van der Waals surface area contributed by atoms with E-state index in [-0.39, 0.29) is 11.7 Å². The Kier molecular flexibility index (Phi) is 16.8. The molecular weight excluding hydrogens is 474 g/mol. The zero-order chi connectivity index (χ0) is 27.3. The minimum atomic E-state index is -0.230. The van der Waals surface area contributed by atoms with Crippen LogP contribution in [0.5, 0.6) is 17.2 Å². The molecule has 0 saturated carbocycles. The van der Waals surface area contributed by atoms with Gasteiger partial charge in [0.05, 0.1) is 13.2 Å². The molecule has 2 aromatic carbocycles. The third-order valence-electron chi connectivity index (χ3n) is 6.84. The van der Waals surface area contributed by atoms with E-state index in [0.29, 0.717) is 30.2 Å². The van der Waals surface area contributed by atoms with Crippen LogP contribution in [0, 0.1) is 0 Å². The molecule has 5 heteroatoms. The van der Waals surface area contributed by atoms with Crippen LogP contribution in [-0.4, -0.2) is 24.2 Å². The summed E-state index contributed by atoms with van der Waals surface area (Å²) in [4.78, 5) is 12.6. The number of hydrogen-bond donors (Lipinski definition) is 2. The Labute approximate surface area is 231 Å². The molecule has 0 radical (unpaired) electrons. The van der Waals surface area contributed by atoms with Crippen LogP contribution in [0.25, 0.3) is 0 Å². The van der Waals surface area contributed by atoms with E-state index in [2.05, 4.69) is 19.2 Å². The minimum absolute atomic E-state index is 0.135. The molecule has 0 atom stereocenters. The monoisotopic (exact) mass is 525 g/mol. The number of phenols is 1. The van der Waals surface area contributed by atoms with Gasteiger partial charge in [-0.3, -0.25) is 4.79 Å². The lowest BCUT2D eigenvalue weighted by Gasteiger charge is -2.15. The van der Waals surface area contributed by atoms with Crippen molar-refractivity contribution in [2.24, 2.45) is 0 Å². The third-order valence-corrected chi connectivity index (χ3v) is 6.84. The van der Waals surface area contributed by atoms with Crippen molar-refractivity contribution in [3.8, 4) is 17.2 Å². The molecule has 212 valence electrons. The van der Waals surface area contributed by atoms with E-state index in [1.807, 2.05) is 18.2 Å². The second-order valence-electron chi connectivity index (χ2n) is 10.3. The van der Waals surface area contributed by atoms with Gasteiger partial charge in [0.2, 0.25) is 0 Å². The predicted molar refractivity (Wildman–Crippen MR) is 159 cm³/mol. The highest BCUT2D eigenvalue weighted by molar-refractivity contribution is 6.04. The number of aromatic hydroxyl groups is 1. The number of nitrogens with one attached hydrogen (secondary N) is 1. The Morgan fingerprint density at radius 2 is 1.11 bits per heavy atom. The fourth-order valence-corrected chi connectivity index (χ4v) is 4.47. The quantitative estimate of drug-likeness (QED) is 0.150. The molecule has 0 bridgehead atoms. The highest BCUT2D eigenvalue weighted by atomic mass is 16.5. The van der Waals surface area contributed by atoms with Crippen LogP contribution >= 0.6 is 0 Å². The molecule has 0 unspecified atom stereocenters. The smallest absolute Gasteiger partial charge is 0.255 e. The number of rotatable bonds is 22. The number of hydrogen-bond acceptors (Lipinski definition) is 4. The van der Waals surface area contributed by atoms with E-state index in [0.717, 1.165) is 25.0 Å². The Bertz CT molecular complexity index is 881. The summed E-state index contributed by atoms with van der Waals surface area (Å²) in [6.07, 6.45) is 20.1. The van der Waals surface area contributed by atoms with Crippen molar-refractivity contribution in [2.45, 2.75) is 117 Å². The largest absolute Gasteiger partial charge is 0.508 e. The maximum absolute atomic E-state index is 12.6. The molecule has 1 amide bonds. The Hall–Kier alpha value is -2.69. The average molecular weight is 526 g/mol. The second-order valence-corrected chi connectivity index (χ2v) is 10.3. The lowest BCUT2D eigenvalue weighted by Crippen LogP contribution is -2.12. The third kappa shape index (κ3) is 13.7. The van der Waals surface area contributed by atoms with Crippen LogP contribution in [0.4, 0.5) is 5.69 Å². The van der Waals surface area contributed by atoms with Crippen LogP contribution in [0.3, 0.4) is 0 Å². The van der Waals surface area contributed by atoms with Gasteiger partial charge in [0, 0.05) is 17.3 Å². The van der Waals surface area contributed by atoms with Crippen LogP contribution < -0.4 is 14.8 Å². The molecule has 0 heterocycles. The number of carbonyl (C=O) groups is 1. The number of ether oxygens (including phenoxy) is 2. The van der Waals surface area contributed by atoms with E-state index in [4.69, 9.17) is 9.47 Å². The molecule has 0 aliphatic heterocycles. The molecule has 0 aliphatic rings. The average Bonchev–Trinajstić information content (AvgIpc) is 2.92. The molecule has 0 fully saturated rings. The zero-order valence-corrected chi connectivity index (χ0v) is 23.9. The number of carbonyl (C=O) groups excluding carboxylic acids is 1. The summed E-state index contributed by atoms with van der Waals surface area (Å²) in [5.74, 6) is 1.31. The molecule has 0 spiro atoms. The van der Waals surface area contributed by atoms with Gasteiger partial charge in [0.15, 0.2) is 11.5 Å². The molecule has 2 rings (SSSR count). The van der Waals surface area contributed by atoms with Crippen LogP contribution in [0.1, 0.15) is 127 Å². The maximum Gasteiger partial charge on any atom is 0.255 e. The first kappa shape index (κ1) is 31.5. The summed E-state index contributed by atoms with van der Waals surface area (Å²) < 4.78 is 12.3. The second kappa shape index (κ2) is 20.3. The number of unbranched alkanes of at least 4 members (excludes halogenated alkanes) is 14. The van der Waals surface area contributed by atoms with Gasteiger partial charge in [-0.1, -0.05) is 104 Å². The first-order chi connectivity index (χ1) is 18.6. The van der Waals surface area contributed by atoms with E-state index >= 15 is 0 Å². The first-order valence-corrected chi connectivity index (χ1v) is 15.1. The Balaban J connectivity index is 1.85. The lowest BCUT2D eigenvalue weighted by molar-refractivity contribution is 0.102. The van der Waals surface area contributed by atoms with Gasteiger partial charge in [-0.15, -0.1) is 0 Å². The van der Waals surface area contributed by atoms with Crippen LogP contribution in [0.15, 0.2) is 42.5 Å². The topological polar surface area (TPSA) is 67.8 Å². The maximum atomic E-state index is 12.6. The first-order valence-electron chi connectivity index (χ1n) is 15.1. The minimum Gasteiger partial charge on any atom is -0.508 e. The van der Waals surface area contributed by atoms with Crippen molar-refractivity contribution in [1.82, 2.24) is 0 Å². The van der Waals surface area contributed by atoms with Gasteiger partial charge in [-0.2, -0.15) is 0 Å². The molecule has 38 heavy (non-hydrogen) atoms. The lowest BCUT2D eigenvalue weighted by atomic mass is 10.1. The summed E-state index contributed by atoms with van der Waals surface area (Å²) in [5.41, 5.74) is 1.15. The van der Waals surface area contributed by atoms with Crippen molar-refractivity contribution in [1.29, 1.82) is 0 Å². The predicted octanol–water partition coefficient (Wildman–Crippen LogP) is 9.68. The molecule has 5 nitrogen and oxygen atoms in total. The number of phenolic OH excluding ortho intramolecular Hbond substituents is 1. The molecule has 2 N–H and O–H groups in total. The van der Waals surface area contributed by atoms with Crippen molar-refractivity contribution >= 4 is 11.6 Å².